The molecule has 0 spiro atoms. The third-order valence-electron chi connectivity index (χ3n) is 3.93. The van der Waals surface area contributed by atoms with E-state index in [1.807, 2.05) is 12.3 Å². The van der Waals surface area contributed by atoms with Crippen LogP contribution in [0.3, 0.4) is 0 Å². The summed E-state index contributed by atoms with van der Waals surface area (Å²) in [6.45, 7) is 2.88. The van der Waals surface area contributed by atoms with E-state index in [4.69, 9.17) is 0 Å². The number of sulfonamides is 1. The fraction of sp³-hybridized carbons (Fsp3) is 0.714. The molecule has 0 aliphatic carbocycles. The van der Waals surface area contributed by atoms with Crippen LogP contribution in [0.5, 0.6) is 0 Å². The van der Waals surface area contributed by atoms with Gasteiger partial charge in [-0.2, -0.15) is 0 Å². The molecule has 7 nitrogen and oxygen atoms in total. The second kappa shape index (κ2) is 7.25. The van der Waals surface area contributed by atoms with E-state index in [2.05, 4.69) is 9.71 Å². The van der Waals surface area contributed by atoms with E-state index in [1.165, 1.54) is 11.3 Å². The Labute approximate surface area is 140 Å². The lowest BCUT2D eigenvalue weighted by Gasteiger charge is -2.26. The summed E-state index contributed by atoms with van der Waals surface area (Å²) in [5.41, 5.74) is -0.328. The first kappa shape index (κ1) is 18.3. The Bertz CT molecular complexity index is 659. The number of nitrogens with zero attached hydrogens (tertiary/aromatic N) is 2. The molecule has 0 unspecified atom stereocenters. The molecular weight excluding hydrogens is 338 g/mol. The van der Waals surface area contributed by atoms with E-state index in [1.54, 1.807) is 4.90 Å². The lowest BCUT2D eigenvalue weighted by molar-refractivity contribution is -0.130. The normalized spacial score (nSPS) is 22.8. The zero-order chi connectivity index (χ0) is 17.1. The van der Waals surface area contributed by atoms with E-state index >= 15 is 0 Å². The Kier molecular flexibility index (Phi) is 5.77. The van der Waals surface area contributed by atoms with Crippen molar-refractivity contribution in [1.29, 1.82) is 0 Å². The van der Waals surface area contributed by atoms with Gasteiger partial charge in [0, 0.05) is 25.0 Å². The van der Waals surface area contributed by atoms with Crippen LogP contribution in [0.1, 0.15) is 30.0 Å². The molecule has 1 aliphatic heterocycles. The Morgan fingerprint density at radius 3 is 2.83 bits per heavy atom. The highest BCUT2D eigenvalue weighted by Gasteiger charge is 2.32. The Hall–Kier alpha value is -1.03. The summed E-state index contributed by atoms with van der Waals surface area (Å²) in [6.07, 6.45) is 2.80. The van der Waals surface area contributed by atoms with Gasteiger partial charge in [-0.15, -0.1) is 11.3 Å². The highest BCUT2D eigenvalue weighted by atomic mass is 32.2. The molecule has 23 heavy (non-hydrogen) atoms. The molecule has 0 radical (unpaired) electrons. The van der Waals surface area contributed by atoms with E-state index in [-0.39, 0.29) is 18.9 Å². The molecule has 1 saturated heterocycles. The predicted molar refractivity (Wildman–Crippen MR) is 88.8 cm³/mol. The minimum atomic E-state index is -3.34. The number of amides is 1. The summed E-state index contributed by atoms with van der Waals surface area (Å²) in [5, 5.41) is 13.4. The van der Waals surface area contributed by atoms with Gasteiger partial charge in [0.25, 0.3) is 0 Å². The summed E-state index contributed by atoms with van der Waals surface area (Å²) in [4.78, 5) is 18.4. The number of aliphatic hydroxyl groups is 1. The fourth-order valence-electron chi connectivity index (χ4n) is 2.63. The van der Waals surface area contributed by atoms with Crippen molar-refractivity contribution in [3.63, 3.8) is 0 Å². The maximum absolute atomic E-state index is 12.4. The van der Waals surface area contributed by atoms with Crippen molar-refractivity contribution in [2.45, 2.75) is 38.2 Å². The first-order valence-corrected chi connectivity index (χ1v) is 10.3. The van der Waals surface area contributed by atoms with Crippen molar-refractivity contribution in [3.05, 3.63) is 16.1 Å². The number of carbonyl (C=O) groups excluding carboxylic acids is 1. The molecule has 2 heterocycles. The molecule has 1 aromatic heterocycles. The number of aromatic nitrogens is 1. The van der Waals surface area contributed by atoms with Crippen LogP contribution >= 0.6 is 11.3 Å². The summed E-state index contributed by atoms with van der Waals surface area (Å²) in [6, 6.07) is 0. The largest absolute Gasteiger partial charge is 0.388 e. The van der Waals surface area contributed by atoms with Gasteiger partial charge in [0.2, 0.25) is 15.9 Å². The second-order valence-electron chi connectivity index (χ2n) is 6.09. The number of hydrogen-bond acceptors (Lipinski definition) is 6. The Balaban J connectivity index is 1.91. The Morgan fingerprint density at radius 2 is 2.22 bits per heavy atom. The molecule has 1 fully saturated rings. The molecule has 0 bridgehead atoms. The third kappa shape index (κ3) is 5.83. The lowest BCUT2D eigenvalue weighted by Crippen LogP contribution is -2.43. The van der Waals surface area contributed by atoms with Crippen LogP contribution < -0.4 is 4.72 Å². The van der Waals surface area contributed by atoms with Crippen LogP contribution in [0.25, 0.3) is 0 Å². The molecule has 1 aromatic rings. The number of rotatable bonds is 5. The maximum atomic E-state index is 12.4. The highest BCUT2D eigenvalue weighted by Crippen LogP contribution is 2.22. The highest BCUT2D eigenvalue weighted by molar-refractivity contribution is 7.88. The standard InChI is InChI=1S/C14H23N3O4S2/c1-11-16-12(9-22-11)8-13(18)17-6-3-4-14(19,5-7-17)10-15-23(2,20)21/h9,15,19H,3-8,10H2,1-2H3/t14-/m1/s1. The zero-order valence-corrected chi connectivity index (χ0v) is 15.0. The van der Waals surface area contributed by atoms with E-state index in [0.717, 1.165) is 17.0 Å². The zero-order valence-electron chi connectivity index (χ0n) is 13.4. The number of likely N-dealkylation sites (tertiary alicyclic amines) is 1. The topological polar surface area (TPSA) is 99.6 Å². The number of nitrogens with one attached hydrogen (secondary N) is 1. The molecule has 9 heteroatoms. The molecule has 0 aromatic carbocycles. The van der Waals surface area contributed by atoms with E-state index in [9.17, 15) is 18.3 Å². The van der Waals surface area contributed by atoms with Crippen LogP contribution in [0.2, 0.25) is 0 Å². The lowest BCUT2D eigenvalue weighted by atomic mass is 9.95. The maximum Gasteiger partial charge on any atom is 0.228 e. The van der Waals surface area contributed by atoms with E-state index in [0.29, 0.717) is 32.4 Å². The predicted octanol–water partition coefficient (Wildman–Crippen LogP) is 0.287. The fourth-order valence-corrected chi connectivity index (χ4v) is 3.77. The third-order valence-corrected chi connectivity index (χ3v) is 5.42. The monoisotopic (exact) mass is 361 g/mol. The van der Waals surface area contributed by atoms with Crippen molar-refractivity contribution < 1.29 is 18.3 Å². The van der Waals surface area contributed by atoms with Crippen molar-refractivity contribution in [2.75, 3.05) is 25.9 Å². The first-order valence-electron chi connectivity index (χ1n) is 7.53. The Morgan fingerprint density at radius 1 is 1.48 bits per heavy atom. The summed E-state index contributed by atoms with van der Waals surface area (Å²) in [7, 11) is -3.34. The number of carbonyl (C=O) groups is 1. The second-order valence-corrected chi connectivity index (χ2v) is 8.98. The molecule has 1 atom stereocenters. The minimum absolute atomic E-state index is 0.00405. The van der Waals surface area contributed by atoms with Crippen molar-refractivity contribution in [1.82, 2.24) is 14.6 Å². The van der Waals surface area contributed by atoms with Crippen LogP contribution in [-0.4, -0.2) is 60.8 Å². The average molecular weight is 361 g/mol. The van der Waals surface area contributed by atoms with Crippen LogP contribution in [0.15, 0.2) is 5.38 Å². The molecule has 0 saturated carbocycles. The van der Waals surface area contributed by atoms with E-state index < -0.39 is 15.6 Å². The van der Waals surface area contributed by atoms with Crippen LogP contribution in [0.4, 0.5) is 0 Å². The van der Waals surface area contributed by atoms with Crippen LogP contribution in [0, 0.1) is 6.92 Å². The number of aryl methyl sites for hydroxylation is 1. The molecule has 1 aliphatic rings. The van der Waals surface area contributed by atoms with Gasteiger partial charge in [-0.05, 0) is 26.2 Å². The van der Waals surface area contributed by atoms with Gasteiger partial charge in [0.1, 0.15) is 0 Å². The van der Waals surface area contributed by atoms with Gasteiger partial charge in [-0.3, -0.25) is 4.79 Å². The average Bonchev–Trinajstić information content (AvgIpc) is 2.74. The van der Waals surface area contributed by atoms with Gasteiger partial charge >= 0.3 is 0 Å². The molecule has 2 N–H and O–H groups in total. The number of thiazole rings is 1. The summed E-state index contributed by atoms with van der Waals surface area (Å²) >= 11 is 1.52. The van der Waals surface area contributed by atoms with Crippen LogP contribution in [-0.2, 0) is 21.2 Å². The van der Waals surface area contributed by atoms with Crippen molar-refractivity contribution >= 4 is 27.3 Å². The summed E-state index contributed by atoms with van der Waals surface area (Å²) in [5.74, 6) is -0.00405. The smallest absolute Gasteiger partial charge is 0.228 e. The first-order chi connectivity index (χ1) is 10.7. The molecule has 130 valence electrons. The van der Waals surface area contributed by atoms with Gasteiger partial charge < -0.3 is 10.0 Å². The van der Waals surface area contributed by atoms with Crippen molar-refractivity contribution in [3.8, 4) is 0 Å². The summed E-state index contributed by atoms with van der Waals surface area (Å²) < 4.78 is 24.7. The van der Waals surface area contributed by atoms with Gasteiger partial charge in [0.15, 0.2) is 0 Å². The minimum Gasteiger partial charge on any atom is -0.388 e. The van der Waals surface area contributed by atoms with Gasteiger partial charge in [-0.1, -0.05) is 0 Å². The molecule has 2 rings (SSSR count). The van der Waals surface area contributed by atoms with Crippen molar-refractivity contribution in [2.24, 2.45) is 0 Å². The van der Waals surface area contributed by atoms with Gasteiger partial charge in [-0.25, -0.2) is 18.1 Å². The number of hydrogen-bond donors (Lipinski definition) is 2. The van der Waals surface area contributed by atoms with Gasteiger partial charge in [0.05, 0.1) is 29.0 Å². The molecule has 1 amide bonds. The molecular formula is C14H23N3O4S2. The quantitative estimate of drug-likeness (QED) is 0.785. The SMILES string of the molecule is Cc1nc(CC(=O)N2CCC[C@](O)(CNS(C)(=O)=O)CC2)cs1.